The van der Waals surface area contributed by atoms with E-state index in [1.807, 2.05) is 4.90 Å². The van der Waals surface area contributed by atoms with Crippen LogP contribution in [0, 0.1) is 0 Å². The summed E-state index contributed by atoms with van der Waals surface area (Å²) in [6.07, 6.45) is -3.96. The minimum absolute atomic E-state index is 0.0208. The van der Waals surface area contributed by atoms with E-state index in [9.17, 15) is 22.8 Å². The topological polar surface area (TPSA) is 61.9 Å². The molecule has 25 heavy (non-hydrogen) atoms. The van der Waals surface area contributed by atoms with Crippen molar-refractivity contribution in [1.29, 1.82) is 0 Å². The van der Waals surface area contributed by atoms with Gasteiger partial charge in [-0.25, -0.2) is 0 Å². The van der Waals surface area contributed by atoms with E-state index in [1.165, 1.54) is 19.1 Å². The van der Waals surface area contributed by atoms with Crippen molar-refractivity contribution < 1.29 is 27.5 Å². The quantitative estimate of drug-likeness (QED) is 0.894. The lowest BCUT2D eigenvalue weighted by Crippen LogP contribution is -2.37. The maximum atomic E-state index is 12.1. The summed E-state index contributed by atoms with van der Waals surface area (Å²) < 4.78 is 40.1. The van der Waals surface area contributed by atoms with Gasteiger partial charge in [0.05, 0.1) is 6.54 Å². The molecule has 2 amide bonds. The Labute approximate surface area is 143 Å². The maximum absolute atomic E-state index is 12.1. The van der Waals surface area contributed by atoms with Crippen LogP contribution in [0.5, 0.6) is 5.75 Å². The largest absolute Gasteiger partial charge is 0.573 e. The summed E-state index contributed by atoms with van der Waals surface area (Å²) in [5.74, 6) is -0.587. The van der Waals surface area contributed by atoms with Crippen molar-refractivity contribution in [2.24, 2.45) is 0 Å². The van der Waals surface area contributed by atoms with Gasteiger partial charge in [-0.1, -0.05) is 0 Å². The molecule has 0 radical (unpaired) electrons. The monoisotopic (exact) mass is 359 g/mol. The molecule has 0 aliphatic carbocycles. The average molecular weight is 359 g/mol. The normalized spacial score (nSPS) is 16.2. The van der Waals surface area contributed by atoms with Crippen LogP contribution in [-0.4, -0.2) is 60.7 Å². The molecule has 1 N–H and O–H groups in total. The average Bonchev–Trinajstić information content (AvgIpc) is 2.73. The van der Waals surface area contributed by atoms with Crippen LogP contribution in [0.1, 0.15) is 13.3 Å². The summed E-state index contributed by atoms with van der Waals surface area (Å²) in [6, 6.07) is 4.97. The molecule has 0 unspecified atom stereocenters. The van der Waals surface area contributed by atoms with Gasteiger partial charge in [0.2, 0.25) is 11.8 Å². The predicted molar refractivity (Wildman–Crippen MR) is 85.1 cm³/mol. The number of benzene rings is 1. The molecule has 0 saturated carbocycles. The van der Waals surface area contributed by atoms with Gasteiger partial charge in [0.25, 0.3) is 0 Å². The maximum Gasteiger partial charge on any atom is 0.573 e. The number of carbonyl (C=O) groups excluding carboxylic acids is 2. The molecular formula is C16H20F3N3O3. The number of rotatable bonds is 4. The second kappa shape index (κ2) is 8.19. The molecule has 2 rings (SSSR count). The summed E-state index contributed by atoms with van der Waals surface area (Å²) in [6.45, 7) is 4.24. The third-order valence-corrected chi connectivity index (χ3v) is 3.77. The third-order valence-electron chi connectivity index (χ3n) is 3.77. The molecule has 0 bridgehead atoms. The molecule has 0 spiro atoms. The number of amides is 2. The van der Waals surface area contributed by atoms with E-state index < -0.39 is 6.36 Å². The van der Waals surface area contributed by atoms with E-state index >= 15 is 0 Å². The molecule has 0 aromatic heterocycles. The predicted octanol–water partition coefficient (Wildman–Crippen LogP) is 2.08. The van der Waals surface area contributed by atoms with Crippen LogP contribution in [0.3, 0.4) is 0 Å². The Morgan fingerprint density at radius 1 is 1.12 bits per heavy atom. The molecule has 1 heterocycles. The van der Waals surface area contributed by atoms with Gasteiger partial charge in [0, 0.05) is 38.8 Å². The number of nitrogens with one attached hydrogen (secondary N) is 1. The first-order chi connectivity index (χ1) is 11.7. The second-order valence-corrected chi connectivity index (χ2v) is 5.76. The summed E-state index contributed by atoms with van der Waals surface area (Å²) in [5, 5.41) is 2.64. The Balaban J connectivity index is 1.82. The fourth-order valence-corrected chi connectivity index (χ4v) is 2.59. The van der Waals surface area contributed by atoms with Gasteiger partial charge < -0.3 is 15.0 Å². The van der Waals surface area contributed by atoms with E-state index in [1.54, 1.807) is 4.90 Å². The van der Waals surface area contributed by atoms with E-state index in [0.717, 1.165) is 18.6 Å². The van der Waals surface area contributed by atoms with E-state index in [4.69, 9.17) is 0 Å². The summed E-state index contributed by atoms with van der Waals surface area (Å²) in [5.41, 5.74) is 0.389. The number of alkyl halides is 3. The third kappa shape index (κ3) is 6.61. The highest BCUT2D eigenvalue weighted by atomic mass is 19.4. The Hall–Kier alpha value is -2.29. The standard InChI is InChI=1S/C16H20F3N3O3/c1-12(23)22-8-2-7-21(9-10-22)11-15(24)20-13-3-5-14(6-4-13)25-16(17,18)19/h3-6H,2,7-11H2,1H3,(H,20,24). The smallest absolute Gasteiger partial charge is 0.406 e. The van der Waals surface area contributed by atoms with E-state index in [2.05, 4.69) is 10.1 Å². The summed E-state index contributed by atoms with van der Waals surface area (Å²) >= 11 is 0. The Kier molecular flexibility index (Phi) is 6.24. The highest BCUT2D eigenvalue weighted by Gasteiger charge is 2.31. The van der Waals surface area contributed by atoms with Crippen molar-refractivity contribution in [3.63, 3.8) is 0 Å². The molecular weight excluding hydrogens is 339 g/mol. The van der Waals surface area contributed by atoms with Gasteiger partial charge in [-0.3, -0.25) is 14.5 Å². The van der Waals surface area contributed by atoms with Gasteiger partial charge in [-0.05, 0) is 30.7 Å². The Bertz CT molecular complexity index is 605. The molecule has 138 valence electrons. The number of halogens is 3. The highest BCUT2D eigenvalue weighted by Crippen LogP contribution is 2.23. The molecule has 1 aromatic carbocycles. The van der Waals surface area contributed by atoms with Crippen LogP contribution >= 0.6 is 0 Å². The van der Waals surface area contributed by atoms with Gasteiger partial charge in [0.15, 0.2) is 0 Å². The van der Waals surface area contributed by atoms with Crippen molar-refractivity contribution in [1.82, 2.24) is 9.80 Å². The fourth-order valence-electron chi connectivity index (χ4n) is 2.59. The minimum atomic E-state index is -4.74. The number of carbonyl (C=O) groups is 2. The molecule has 1 saturated heterocycles. The summed E-state index contributed by atoms with van der Waals surface area (Å²) in [4.78, 5) is 27.2. The summed E-state index contributed by atoms with van der Waals surface area (Å²) in [7, 11) is 0. The number of nitrogens with zero attached hydrogens (tertiary/aromatic N) is 2. The lowest BCUT2D eigenvalue weighted by molar-refractivity contribution is -0.274. The minimum Gasteiger partial charge on any atom is -0.406 e. The van der Waals surface area contributed by atoms with Crippen LogP contribution in [0.4, 0.5) is 18.9 Å². The highest BCUT2D eigenvalue weighted by molar-refractivity contribution is 5.92. The van der Waals surface area contributed by atoms with Crippen molar-refractivity contribution in [3.8, 4) is 5.75 Å². The van der Waals surface area contributed by atoms with Crippen LogP contribution in [0.15, 0.2) is 24.3 Å². The molecule has 6 nitrogen and oxygen atoms in total. The van der Waals surface area contributed by atoms with Gasteiger partial charge in [-0.15, -0.1) is 13.2 Å². The zero-order valence-electron chi connectivity index (χ0n) is 13.8. The second-order valence-electron chi connectivity index (χ2n) is 5.76. The van der Waals surface area contributed by atoms with Crippen LogP contribution in [-0.2, 0) is 9.59 Å². The van der Waals surface area contributed by atoms with E-state index in [0.29, 0.717) is 31.9 Å². The number of anilines is 1. The lowest BCUT2D eigenvalue weighted by Gasteiger charge is -2.20. The first kappa shape index (κ1) is 19.0. The zero-order valence-corrected chi connectivity index (χ0v) is 13.8. The Morgan fingerprint density at radius 3 is 2.40 bits per heavy atom. The molecule has 0 atom stereocenters. The number of hydrogen-bond donors (Lipinski definition) is 1. The number of ether oxygens (including phenoxy) is 1. The van der Waals surface area contributed by atoms with Crippen LogP contribution in [0.25, 0.3) is 0 Å². The first-order valence-corrected chi connectivity index (χ1v) is 7.86. The van der Waals surface area contributed by atoms with Gasteiger partial charge in [0.1, 0.15) is 5.75 Å². The van der Waals surface area contributed by atoms with E-state index in [-0.39, 0.29) is 24.1 Å². The first-order valence-electron chi connectivity index (χ1n) is 7.86. The number of hydrogen-bond acceptors (Lipinski definition) is 4. The lowest BCUT2D eigenvalue weighted by atomic mass is 10.3. The van der Waals surface area contributed by atoms with Crippen molar-refractivity contribution in [3.05, 3.63) is 24.3 Å². The van der Waals surface area contributed by atoms with Gasteiger partial charge in [-0.2, -0.15) is 0 Å². The van der Waals surface area contributed by atoms with Crippen LogP contribution in [0.2, 0.25) is 0 Å². The SMILES string of the molecule is CC(=O)N1CCCN(CC(=O)Nc2ccc(OC(F)(F)F)cc2)CC1. The van der Waals surface area contributed by atoms with Crippen molar-refractivity contribution in [2.45, 2.75) is 19.7 Å². The van der Waals surface area contributed by atoms with Crippen LogP contribution < -0.4 is 10.1 Å². The van der Waals surface area contributed by atoms with Crippen molar-refractivity contribution in [2.75, 3.05) is 38.0 Å². The van der Waals surface area contributed by atoms with Gasteiger partial charge >= 0.3 is 6.36 Å². The van der Waals surface area contributed by atoms with Crippen molar-refractivity contribution >= 4 is 17.5 Å². The molecule has 1 aromatic rings. The zero-order chi connectivity index (χ0) is 18.4. The molecule has 1 fully saturated rings. The molecule has 1 aliphatic heterocycles. The molecule has 1 aliphatic rings. The Morgan fingerprint density at radius 2 is 1.80 bits per heavy atom. The fraction of sp³-hybridized carbons (Fsp3) is 0.500. The molecule has 9 heteroatoms.